The van der Waals surface area contributed by atoms with Crippen LogP contribution in [0.3, 0.4) is 0 Å². The van der Waals surface area contributed by atoms with Gasteiger partial charge in [0.25, 0.3) is 0 Å². The molecular formula is C21H25N5O4S2. The number of aromatic nitrogens is 3. The maximum absolute atomic E-state index is 13.0. The van der Waals surface area contributed by atoms with Crippen molar-refractivity contribution < 1.29 is 17.6 Å². The van der Waals surface area contributed by atoms with E-state index in [-0.39, 0.29) is 5.78 Å². The molecule has 0 spiro atoms. The number of hydrogen-bond acceptors (Lipinski definition) is 8. The minimum Gasteiger partial charge on any atom is -0.467 e. The van der Waals surface area contributed by atoms with Crippen molar-refractivity contribution in [2.24, 2.45) is 0 Å². The van der Waals surface area contributed by atoms with E-state index in [1.807, 2.05) is 23.6 Å². The fraction of sp³-hybridized carbons (Fsp3) is 0.381. The molecule has 1 aromatic carbocycles. The van der Waals surface area contributed by atoms with Gasteiger partial charge >= 0.3 is 0 Å². The summed E-state index contributed by atoms with van der Waals surface area (Å²) >= 11 is 1.35. The molecule has 1 atom stereocenters. The molecule has 1 unspecified atom stereocenters. The highest BCUT2D eigenvalue weighted by Gasteiger charge is 2.25. The van der Waals surface area contributed by atoms with Crippen LogP contribution in [-0.2, 0) is 16.6 Å². The summed E-state index contributed by atoms with van der Waals surface area (Å²) in [5, 5.41) is 9.03. The summed E-state index contributed by atoms with van der Waals surface area (Å²) in [5.74, 6) is 1.51. The van der Waals surface area contributed by atoms with Crippen LogP contribution in [0.5, 0.6) is 0 Å². The van der Waals surface area contributed by atoms with E-state index < -0.39 is 15.3 Å². The minimum absolute atomic E-state index is 0.0730. The maximum Gasteiger partial charge on any atom is 0.229 e. The van der Waals surface area contributed by atoms with Gasteiger partial charge in [0.1, 0.15) is 5.76 Å². The molecule has 1 aliphatic heterocycles. The number of Topliss-reactive ketones (excluding diaryl/α,β-unsaturated/α-hetero) is 1. The van der Waals surface area contributed by atoms with Crippen LogP contribution in [0.25, 0.3) is 0 Å². The number of carbonyl (C=O) groups excluding carboxylic acids is 1. The molecule has 4 rings (SSSR count). The van der Waals surface area contributed by atoms with Crippen molar-refractivity contribution in [1.29, 1.82) is 0 Å². The maximum atomic E-state index is 13.0. The van der Waals surface area contributed by atoms with Gasteiger partial charge < -0.3 is 9.32 Å². The Morgan fingerprint density at radius 1 is 1.19 bits per heavy atom. The molecule has 11 heteroatoms. The molecule has 3 aromatic rings. The Bertz CT molecular complexity index is 1170. The third-order valence-electron chi connectivity index (χ3n) is 5.10. The highest BCUT2D eigenvalue weighted by molar-refractivity contribution is 8.00. The number of thioether (sulfide) groups is 1. The Balaban J connectivity index is 1.52. The predicted molar refractivity (Wildman–Crippen MR) is 124 cm³/mol. The molecular weight excluding hydrogens is 450 g/mol. The third kappa shape index (κ3) is 5.33. The van der Waals surface area contributed by atoms with E-state index in [2.05, 4.69) is 19.8 Å². The Morgan fingerprint density at radius 3 is 2.53 bits per heavy atom. The number of furan rings is 1. The Labute approximate surface area is 191 Å². The van der Waals surface area contributed by atoms with E-state index in [0.29, 0.717) is 23.0 Å². The quantitative estimate of drug-likeness (QED) is 0.371. The van der Waals surface area contributed by atoms with E-state index in [1.165, 1.54) is 11.8 Å². The van der Waals surface area contributed by atoms with Gasteiger partial charge in [0.15, 0.2) is 10.9 Å². The standard InChI is InChI=1S/C21H25N5O4S2/c1-15(19(27)16-7-9-17(10-8-16)24-32(2,28)29)31-21-23-22-20(25-11-3-4-12-25)26(21)14-18-6-5-13-30-18/h5-10,13,15,24H,3-4,11-12,14H2,1-2H3. The molecule has 1 saturated heterocycles. The minimum atomic E-state index is -3.37. The zero-order valence-corrected chi connectivity index (χ0v) is 19.5. The molecule has 1 N–H and O–H groups in total. The lowest BCUT2D eigenvalue weighted by atomic mass is 10.1. The third-order valence-corrected chi connectivity index (χ3v) is 6.79. The van der Waals surface area contributed by atoms with E-state index >= 15 is 0 Å². The smallest absolute Gasteiger partial charge is 0.229 e. The number of nitrogens with one attached hydrogen (secondary N) is 1. The zero-order valence-electron chi connectivity index (χ0n) is 17.9. The molecule has 32 heavy (non-hydrogen) atoms. The molecule has 0 aliphatic carbocycles. The SMILES string of the molecule is CC(Sc1nnc(N2CCCC2)n1Cc1ccco1)C(=O)c1ccc(NS(C)(=O)=O)cc1. The van der Waals surface area contributed by atoms with Crippen molar-refractivity contribution >= 4 is 39.2 Å². The number of carbonyl (C=O) groups is 1. The second-order valence-electron chi connectivity index (χ2n) is 7.72. The molecule has 0 saturated carbocycles. The topological polar surface area (TPSA) is 110 Å². The summed E-state index contributed by atoms with van der Waals surface area (Å²) in [4.78, 5) is 15.2. The molecule has 0 radical (unpaired) electrons. The van der Waals surface area contributed by atoms with Crippen molar-refractivity contribution in [2.45, 2.75) is 36.7 Å². The van der Waals surface area contributed by atoms with Crippen LogP contribution in [0.2, 0.25) is 0 Å². The summed E-state index contributed by atoms with van der Waals surface area (Å²) in [5.41, 5.74) is 0.915. The van der Waals surface area contributed by atoms with Crippen molar-refractivity contribution in [3.8, 4) is 0 Å². The normalized spacial score (nSPS) is 15.1. The summed E-state index contributed by atoms with van der Waals surface area (Å²) < 4.78 is 32.7. The van der Waals surface area contributed by atoms with Gasteiger partial charge in [-0.3, -0.25) is 14.1 Å². The monoisotopic (exact) mass is 475 g/mol. The van der Waals surface area contributed by atoms with E-state index in [1.54, 1.807) is 30.5 Å². The lowest BCUT2D eigenvalue weighted by Crippen LogP contribution is -2.23. The molecule has 1 aliphatic rings. The fourth-order valence-corrected chi connectivity index (χ4v) is 5.06. The van der Waals surface area contributed by atoms with Crippen molar-refractivity contribution in [3.63, 3.8) is 0 Å². The summed E-state index contributed by atoms with van der Waals surface area (Å²) in [6.45, 7) is 4.19. The summed E-state index contributed by atoms with van der Waals surface area (Å²) in [6.07, 6.45) is 4.96. The Kier molecular flexibility index (Phi) is 6.56. The van der Waals surface area contributed by atoms with Crippen molar-refractivity contribution in [1.82, 2.24) is 14.8 Å². The van der Waals surface area contributed by atoms with Gasteiger partial charge in [-0.2, -0.15) is 0 Å². The molecule has 3 heterocycles. The summed E-state index contributed by atoms with van der Waals surface area (Å²) in [7, 11) is -3.37. The molecule has 1 fully saturated rings. The number of hydrogen-bond donors (Lipinski definition) is 1. The van der Waals surface area contributed by atoms with Crippen LogP contribution in [0, 0.1) is 0 Å². The average molecular weight is 476 g/mol. The van der Waals surface area contributed by atoms with Gasteiger partial charge in [-0.05, 0) is 56.2 Å². The van der Waals surface area contributed by atoms with Gasteiger partial charge in [-0.25, -0.2) is 8.42 Å². The first-order valence-electron chi connectivity index (χ1n) is 10.3. The number of benzene rings is 1. The molecule has 0 bridgehead atoms. The largest absolute Gasteiger partial charge is 0.467 e. The molecule has 170 valence electrons. The van der Waals surface area contributed by atoms with Crippen LogP contribution >= 0.6 is 11.8 Å². The highest BCUT2D eigenvalue weighted by atomic mass is 32.2. The number of anilines is 2. The lowest BCUT2D eigenvalue weighted by molar-refractivity contribution is 0.0994. The van der Waals surface area contributed by atoms with Crippen molar-refractivity contribution in [3.05, 3.63) is 54.0 Å². The van der Waals surface area contributed by atoms with Gasteiger partial charge in [0.2, 0.25) is 16.0 Å². The Hall–Kier alpha value is -2.79. The second kappa shape index (κ2) is 9.37. The number of sulfonamides is 1. The first kappa shape index (κ1) is 22.4. The zero-order chi connectivity index (χ0) is 22.7. The second-order valence-corrected chi connectivity index (χ2v) is 10.8. The van der Waals surface area contributed by atoms with Crippen LogP contribution in [0.1, 0.15) is 35.9 Å². The Morgan fingerprint density at radius 2 is 1.91 bits per heavy atom. The van der Waals surface area contributed by atoms with Gasteiger partial charge in [-0.1, -0.05) is 11.8 Å². The van der Waals surface area contributed by atoms with Crippen LogP contribution in [0.4, 0.5) is 11.6 Å². The van der Waals surface area contributed by atoms with Crippen LogP contribution < -0.4 is 9.62 Å². The van der Waals surface area contributed by atoms with E-state index in [0.717, 1.165) is 43.9 Å². The van der Waals surface area contributed by atoms with Gasteiger partial charge in [-0.15, -0.1) is 10.2 Å². The van der Waals surface area contributed by atoms with Gasteiger partial charge in [0.05, 0.1) is 24.3 Å². The first-order chi connectivity index (χ1) is 15.3. The lowest BCUT2D eigenvalue weighted by Gasteiger charge is -2.18. The fourth-order valence-electron chi connectivity index (χ4n) is 3.58. The van der Waals surface area contributed by atoms with E-state index in [4.69, 9.17) is 4.42 Å². The van der Waals surface area contributed by atoms with Gasteiger partial charge in [0, 0.05) is 24.3 Å². The van der Waals surface area contributed by atoms with Crippen molar-refractivity contribution in [2.75, 3.05) is 29.0 Å². The molecule has 2 aromatic heterocycles. The predicted octanol–water partition coefficient (Wildman–Crippen LogP) is 3.25. The summed E-state index contributed by atoms with van der Waals surface area (Å²) in [6, 6.07) is 10.2. The average Bonchev–Trinajstić information content (AvgIpc) is 3.50. The number of ketones is 1. The highest BCUT2D eigenvalue weighted by Crippen LogP contribution is 2.30. The number of rotatable bonds is 9. The molecule has 9 nitrogen and oxygen atoms in total. The number of nitrogens with zero attached hydrogens (tertiary/aromatic N) is 4. The van der Waals surface area contributed by atoms with Crippen LogP contribution in [0.15, 0.2) is 52.2 Å². The first-order valence-corrected chi connectivity index (χ1v) is 13.1. The molecule has 0 amide bonds. The van der Waals surface area contributed by atoms with E-state index in [9.17, 15) is 13.2 Å². The van der Waals surface area contributed by atoms with Crippen LogP contribution in [-0.4, -0.2) is 53.6 Å².